The molecule has 4 aromatic heterocycles. The predicted molar refractivity (Wildman–Crippen MR) is 132 cm³/mol. The average molecular weight is 474 g/mol. The van der Waals surface area contributed by atoms with E-state index in [0.717, 1.165) is 27.8 Å². The van der Waals surface area contributed by atoms with E-state index in [1.54, 1.807) is 6.26 Å². The first-order chi connectivity index (χ1) is 16.4. The van der Waals surface area contributed by atoms with E-state index in [4.69, 9.17) is 14.1 Å². The maximum absolute atomic E-state index is 13.4. The van der Waals surface area contributed by atoms with Gasteiger partial charge >= 0.3 is 5.69 Å². The highest BCUT2D eigenvalue weighted by molar-refractivity contribution is 7.25. The van der Waals surface area contributed by atoms with Crippen LogP contribution in [0, 0.1) is 0 Å². The molecule has 1 aliphatic rings. The largest absolute Gasteiger partial charge is 0.464 e. The fourth-order valence-corrected chi connectivity index (χ4v) is 5.79. The van der Waals surface area contributed by atoms with Crippen LogP contribution < -0.4 is 11.2 Å². The van der Waals surface area contributed by atoms with Gasteiger partial charge in [-0.15, -0.1) is 11.3 Å². The number of nitrogens with one attached hydrogen (secondary N) is 1. The summed E-state index contributed by atoms with van der Waals surface area (Å²) in [5, 5.41) is 0.737. The molecule has 172 valence electrons. The molecule has 0 radical (unpaired) electrons. The van der Waals surface area contributed by atoms with Gasteiger partial charge in [0.25, 0.3) is 5.56 Å². The van der Waals surface area contributed by atoms with Crippen molar-refractivity contribution in [2.45, 2.75) is 45.4 Å². The van der Waals surface area contributed by atoms with Crippen LogP contribution in [0.2, 0.25) is 0 Å². The van der Waals surface area contributed by atoms with Crippen LogP contribution in [0.3, 0.4) is 0 Å². The van der Waals surface area contributed by atoms with E-state index < -0.39 is 5.69 Å². The van der Waals surface area contributed by atoms with Gasteiger partial charge in [-0.2, -0.15) is 0 Å². The standard InChI is InChI=1S/C26H23N3O4S/c1-26(2)13-17-16(14-33-26)19(18-9-6-12-32-18)20-21-22(34-23(20)27-17)24(30)29(25(31)28-21)11-10-15-7-4-3-5-8-15/h3-9,12H,10-11,13-14H2,1-2H3,(H,28,31). The molecule has 8 heteroatoms. The quantitative estimate of drug-likeness (QED) is 0.410. The Bertz CT molecular complexity index is 1640. The van der Waals surface area contributed by atoms with Crippen LogP contribution >= 0.6 is 11.3 Å². The molecular weight excluding hydrogens is 450 g/mol. The second kappa shape index (κ2) is 7.78. The van der Waals surface area contributed by atoms with E-state index in [0.29, 0.717) is 46.8 Å². The van der Waals surface area contributed by atoms with Gasteiger partial charge in [-0.3, -0.25) is 9.36 Å². The van der Waals surface area contributed by atoms with Gasteiger partial charge in [0.2, 0.25) is 0 Å². The Kier molecular flexibility index (Phi) is 4.82. The molecular formula is C26H23N3O4S. The summed E-state index contributed by atoms with van der Waals surface area (Å²) in [5.41, 5.74) is 3.25. The van der Waals surface area contributed by atoms with E-state index in [-0.39, 0.29) is 11.2 Å². The molecule has 0 saturated carbocycles. The van der Waals surface area contributed by atoms with Crippen LogP contribution in [0.5, 0.6) is 0 Å². The highest BCUT2D eigenvalue weighted by Gasteiger charge is 2.32. The zero-order valence-corrected chi connectivity index (χ0v) is 19.7. The molecule has 0 amide bonds. The molecule has 0 saturated heterocycles. The molecule has 34 heavy (non-hydrogen) atoms. The van der Waals surface area contributed by atoms with Crippen LogP contribution in [0.15, 0.2) is 62.7 Å². The molecule has 1 aromatic carbocycles. The van der Waals surface area contributed by atoms with Crippen LogP contribution in [0.25, 0.3) is 31.8 Å². The maximum Gasteiger partial charge on any atom is 0.328 e. The minimum atomic E-state index is -0.423. The SMILES string of the molecule is CC1(C)Cc2nc3sc4c(=O)n(CCc5ccccc5)c(=O)[nH]c4c3c(-c3ccco3)c2CO1. The summed E-state index contributed by atoms with van der Waals surface area (Å²) in [4.78, 5) is 35.1. The molecule has 1 N–H and O–H groups in total. The van der Waals surface area contributed by atoms with Gasteiger partial charge in [0.1, 0.15) is 15.3 Å². The Hall–Kier alpha value is -3.49. The van der Waals surface area contributed by atoms with Gasteiger partial charge in [-0.1, -0.05) is 30.3 Å². The molecule has 0 spiro atoms. The summed E-state index contributed by atoms with van der Waals surface area (Å²) in [5.74, 6) is 0.667. The second-order valence-electron chi connectivity index (χ2n) is 9.22. The van der Waals surface area contributed by atoms with E-state index in [1.807, 2.05) is 56.3 Å². The summed E-state index contributed by atoms with van der Waals surface area (Å²) in [7, 11) is 0. The third-order valence-electron chi connectivity index (χ3n) is 6.38. The number of H-pyrrole nitrogens is 1. The fraction of sp³-hybridized carbons (Fsp3) is 0.269. The summed E-state index contributed by atoms with van der Waals surface area (Å²) >= 11 is 1.32. The summed E-state index contributed by atoms with van der Waals surface area (Å²) in [6.45, 7) is 4.78. The second-order valence-corrected chi connectivity index (χ2v) is 10.2. The van der Waals surface area contributed by atoms with Gasteiger partial charge in [-0.05, 0) is 38.0 Å². The van der Waals surface area contributed by atoms with Crippen molar-refractivity contribution in [3.63, 3.8) is 0 Å². The van der Waals surface area contributed by atoms with E-state index in [2.05, 4.69) is 4.98 Å². The number of aromatic nitrogens is 3. The zero-order chi connectivity index (χ0) is 23.4. The maximum atomic E-state index is 13.4. The highest BCUT2D eigenvalue weighted by atomic mass is 32.1. The molecule has 0 unspecified atom stereocenters. The number of hydrogen-bond donors (Lipinski definition) is 1. The van der Waals surface area contributed by atoms with Crippen molar-refractivity contribution < 1.29 is 9.15 Å². The number of ether oxygens (including phenoxy) is 1. The first kappa shape index (κ1) is 21.1. The van der Waals surface area contributed by atoms with Crippen molar-refractivity contribution in [2.75, 3.05) is 0 Å². The number of hydrogen-bond acceptors (Lipinski definition) is 6. The summed E-state index contributed by atoms with van der Waals surface area (Å²) in [6, 6.07) is 13.5. The van der Waals surface area contributed by atoms with Crippen molar-refractivity contribution in [3.8, 4) is 11.3 Å². The molecule has 0 atom stereocenters. The van der Waals surface area contributed by atoms with E-state index in [1.165, 1.54) is 15.9 Å². The fourth-order valence-electron chi connectivity index (χ4n) is 4.68. The minimum absolute atomic E-state index is 0.294. The van der Waals surface area contributed by atoms with Crippen LogP contribution in [-0.4, -0.2) is 20.1 Å². The molecule has 0 aliphatic carbocycles. The van der Waals surface area contributed by atoms with Gasteiger partial charge in [0, 0.05) is 29.5 Å². The number of nitrogens with zero attached hydrogens (tertiary/aromatic N) is 2. The normalized spacial score (nSPS) is 15.1. The number of benzene rings is 1. The van der Waals surface area contributed by atoms with Gasteiger partial charge < -0.3 is 14.1 Å². The zero-order valence-electron chi connectivity index (χ0n) is 18.9. The first-order valence-corrected chi connectivity index (χ1v) is 12.1. The predicted octanol–water partition coefficient (Wildman–Crippen LogP) is 4.65. The van der Waals surface area contributed by atoms with Crippen LogP contribution in [0.1, 0.15) is 30.7 Å². The average Bonchev–Trinajstić information content (AvgIpc) is 3.46. The Balaban J connectivity index is 1.58. The Morgan fingerprint density at radius 1 is 1.15 bits per heavy atom. The number of pyridine rings is 1. The molecule has 7 nitrogen and oxygen atoms in total. The lowest BCUT2D eigenvalue weighted by molar-refractivity contribution is -0.0409. The van der Waals surface area contributed by atoms with Crippen molar-refractivity contribution in [1.29, 1.82) is 0 Å². The number of furan rings is 1. The first-order valence-electron chi connectivity index (χ1n) is 11.2. The summed E-state index contributed by atoms with van der Waals surface area (Å²) < 4.78 is 13.6. The van der Waals surface area contributed by atoms with E-state index >= 15 is 0 Å². The topological polar surface area (TPSA) is 90.1 Å². The molecule has 1 aliphatic heterocycles. The molecule has 0 fully saturated rings. The Labute approximate surface area is 198 Å². The Morgan fingerprint density at radius 3 is 2.74 bits per heavy atom. The number of fused-ring (bicyclic) bond motifs is 4. The third kappa shape index (κ3) is 3.41. The van der Waals surface area contributed by atoms with Gasteiger partial charge in [0.05, 0.1) is 29.7 Å². The summed E-state index contributed by atoms with van der Waals surface area (Å²) in [6.07, 6.45) is 2.87. The highest BCUT2D eigenvalue weighted by Crippen LogP contribution is 2.42. The smallest absolute Gasteiger partial charge is 0.328 e. The van der Waals surface area contributed by atoms with Crippen LogP contribution in [0.4, 0.5) is 0 Å². The van der Waals surface area contributed by atoms with Gasteiger partial charge in [-0.25, -0.2) is 9.78 Å². The lowest BCUT2D eigenvalue weighted by Gasteiger charge is -2.32. The molecule has 6 rings (SSSR count). The van der Waals surface area contributed by atoms with Gasteiger partial charge in [0.15, 0.2) is 0 Å². The lowest BCUT2D eigenvalue weighted by Crippen LogP contribution is -2.35. The number of aryl methyl sites for hydroxylation is 1. The Morgan fingerprint density at radius 2 is 1.97 bits per heavy atom. The monoisotopic (exact) mass is 473 g/mol. The third-order valence-corrected chi connectivity index (χ3v) is 7.45. The van der Waals surface area contributed by atoms with Crippen molar-refractivity contribution in [2.24, 2.45) is 0 Å². The van der Waals surface area contributed by atoms with Crippen molar-refractivity contribution >= 4 is 31.8 Å². The minimum Gasteiger partial charge on any atom is -0.464 e. The number of rotatable bonds is 4. The number of aromatic amines is 1. The van der Waals surface area contributed by atoms with Crippen LogP contribution in [-0.2, 0) is 30.7 Å². The molecule has 0 bridgehead atoms. The molecule has 5 heterocycles. The van der Waals surface area contributed by atoms with Crippen molar-refractivity contribution in [3.05, 3.63) is 86.4 Å². The number of thiophene rings is 1. The molecule has 5 aromatic rings. The van der Waals surface area contributed by atoms with E-state index in [9.17, 15) is 9.59 Å². The lowest BCUT2D eigenvalue weighted by atomic mass is 9.91. The van der Waals surface area contributed by atoms with Crippen molar-refractivity contribution in [1.82, 2.24) is 14.5 Å².